The summed E-state index contributed by atoms with van der Waals surface area (Å²) in [5.74, 6) is 0.599. The van der Waals surface area contributed by atoms with Crippen molar-refractivity contribution in [2.45, 2.75) is 39.3 Å². The van der Waals surface area contributed by atoms with Crippen molar-refractivity contribution in [3.63, 3.8) is 0 Å². The van der Waals surface area contributed by atoms with Crippen molar-refractivity contribution in [2.75, 3.05) is 13.1 Å². The Balaban J connectivity index is 1.48. The van der Waals surface area contributed by atoms with E-state index in [2.05, 4.69) is 78.7 Å². The summed E-state index contributed by atoms with van der Waals surface area (Å²) in [6.45, 7) is 7.66. The van der Waals surface area contributed by atoms with Crippen molar-refractivity contribution in [3.8, 4) is 0 Å². The molecule has 3 nitrogen and oxygen atoms in total. The van der Waals surface area contributed by atoms with E-state index in [1.165, 1.54) is 11.1 Å². The third-order valence-electron chi connectivity index (χ3n) is 4.93. The number of carbonyl (C=O) groups is 1. The van der Waals surface area contributed by atoms with E-state index >= 15 is 0 Å². The molecule has 0 saturated carbocycles. The fraction of sp³-hybridized carbons (Fsp3) is 0.348. The van der Waals surface area contributed by atoms with Gasteiger partial charge in [-0.15, -0.1) is 0 Å². The highest BCUT2D eigenvalue weighted by Gasteiger charge is 2.16. The molecule has 1 heterocycles. The van der Waals surface area contributed by atoms with Crippen LogP contribution in [0.3, 0.4) is 0 Å². The number of rotatable bonds is 6. The number of nitrogens with zero attached hydrogens (tertiary/aromatic N) is 1. The summed E-state index contributed by atoms with van der Waals surface area (Å²) >= 11 is 0. The van der Waals surface area contributed by atoms with Gasteiger partial charge in [-0.3, -0.25) is 9.69 Å². The lowest BCUT2D eigenvalue weighted by Crippen LogP contribution is -2.33. The van der Waals surface area contributed by atoms with Crippen LogP contribution in [0.25, 0.3) is 0 Å². The van der Waals surface area contributed by atoms with E-state index < -0.39 is 0 Å². The minimum absolute atomic E-state index is 0.0669. The zero-order valence-corrected chi connectivity index (χ0v) is 15.7. The van der Waals surface area contributed by atoms with Crippen LogP contribution < -0.4 is 5.32 Å². The minimum atomic E-state index is 0.0669. The fourth-order valence-electron chi connectivity index (χ4n) is 3.22. The van der Waals surface area contributed by atoms with Crippen LogP contribution in [0.15, 0.2) is 66.2 Å². The van der Waals surface area contributed by atoms with Gasteiger partial charge in [0, 0.05) is 31.8 Å². The van der Waals surface area contributed by atoms with Crippen molar-refractivity contribution in [1.29, 1.82) is 0 Å². The second kappa shape index (κ2) is 8.81. The van der Waals surface area contributed by atoms with Crippen molar-refractivity contribution in [3.05, 3.63) is 82.9 Å². The van der Waals surface area contributed by atoms with Crippen LogP contribution in [0, 0.1) is 0 Å². The molecule has 0 saturated heterocycles. The van der Waals surface area contributed by atoms with Gasteiger partial charge in [-0.05, 0) is 29.0 Å². The molecule has 0 bridgehead atoms. The minimum Gasteiger partial charge on any atom is -0.348 e. The molecule has 2 aromatic carbocycles. The number of hydrogen-bond donors (Lipinski definition) is 1. The topological polar surface area (TPSA) is 32.3 Å². The molecule has 0 aliphatic carbocycles. The van der Waals surface area contributed by atoms with Gasteiger partial charge in [-0.2, -0.15) is 0 Å². The maximum Gasteiger partial charge on any atom is 0.247 e. The molecule has 0 unspecified atom stereocenters. The SMILES string of the molecule is CC(C)c1ccc(CNC(=O)C2=CCN(Cc3ccccc3)CC2)cc1. The maximum atomic E-state index is 12.4. The second-order valence-electron chi connectivity index (χ2n) is 7.28. The molecular formula is C23H28N2O. The Morgan fingerprint density at radius 3 is 2.38 bits per heavy atom. The van der Waals surface area contributed by atoms with Crippen molar-refractivity contribution < 1.29 is 4.79 Å². The smallest absolute Gasteiger partial charge is 0.247 e. The van der Waals surface area contributed by atoms with Crippen LogP contribution in [-0.2, 0) is 17.9 Å². The first-order chi connectivity index (χ1) is 12.6. The molecule has 1 amide bonds. The van der Waals surface area contributed by atoms with E-state index in [0.29, 0.717) is 12.5 Å². The average Bonchev–Trinajstić information content (AvgIpc) is 2.68. The monoisotopic (exact) mass is 348 g/mol. The summed E-state index contributed by atoms with van der Waals surface area (Å²) in [5, 5.41) is 3.06. The lowest BCUT2D eigenvalue weighted by Gasteiger charge is -2.26. The Hall–Kier alpha value is -2.39. The van der Waals surface area contributed by atoms with Crippen LogP contribution >= 0.6 is 0 Å². The molecule has 3 rings (SSSR count). The largest absolute Gasteiger partial charge is 0.348 e. The summed E-state index contributed by atoms with van der Waals surface area (Å²) in [5.41, 5.74) is 4.70. The lowest BCUT2D eigenvalue weighted by atomic mass is 10.0. The summed E-state index contributed by atoms with van der Waals surface area (Å²) in [6.07, 6.45) is 2.88. The normalized spacial score (nSPS) is 15.0. The molecule has 0 radical (unpaired) electrons. The van der Waals surface area contributed by atoms with Gasteiger partial charge in [0.05, 0.1) is 0 Å². The van der Waals surface area contributed by atoms with E-state index in [9.17, 15) is 4.79 Å². The number of amides is 1. The van der Waals surface area contributed by atoms with E-state index in [0.717, 1.165) is 37.2 Å². The van der Waals surface area contributed by atoms with Gasteiger partial charge in [-0.25, -0.2) is 0 Å². The van der Waals surface area contributed by atoms with Gasteiger partial charge in [0.1, 0.15) is 0 Å². The van der Waals surface area contributed by atoms with Crippen molar-refractivity contribution in [2.24, 2.45) is 0 Å². The van der Waals surface area contributed by atoms with Gasteiger partial charge < -0.3 is 5.32 Å². The zero-order chi connectivity index (χ0) is 18.4. The first kappa shape index (κ1) is 18.4. The molecular weight excluding hydrogens is 320 g/mol. The first-order valence-electron chi connectivity index (χ1n) is 9.44. The summed E-state index contributed by atoms with van der Waals surface area (Å²) < 4.78 is 0. The molecule has 1 N–H and O–H groups in total. The highest BCUT2D eigenvalue weighted by atomic mass is 16.1. The van der Waals surface area contributed by atoms with Crippen LogP contribution in [0.4, 0.5) is 0 Å². The molecule has 26 heavy (non-hydrogen) atoms. The van der Waals surface area contributed by atoms with Crippen LogP contribution in [-0.4, -0.2) is 23.9 Å². The predicted molar refractivity (Wildman–Crippen MR) is 107 cm³/mol. The Kier molecular flexibility index (Phi) is 6.24. The maximum absolute atomic E-state index is 12.4. The number of nitrogens with one attached hydrogen (secondary N) is 1. The fourth-order valence-corrected chi connectivity index (χ4v) is 3.22. The molecule has 1 aliphatic rings. The van der Waals surface area contributed by atoms with Crippen molar-refractivity contribution in [1.82, 2.24) is 10.2 Å². The first-order valence-corrected chi connectivity index (χ1v) is 9.44. The molecule has 0 atom stereocenters. The number of carbonyl (C=O) groups excluding carboxylic acids is 1. The van der Waals surface area contributed by atoms with E-state index in [1.807, 2.05) is 6.07 Å². The van der Waals surface area contributed by atoms with Crippen molar-refractivity contribution >= 4 is 5.91 Å². The van der Waals surface area contributed by atoms with Gasteiger partial charge in [0.25, 0.3) is 0 Å². The number of benzene rings is 2. The second-order valence-corrected chi connectivity index (χ2v) is 7.28. The summed E-state index contributed by atoms with van der Waals surface area (Å²) in [4.78, 5) is 14.8. The van der Waals surface area contributed by atoms with Gasteiger partial charge in [0.15, 0.2) is 0 Å². The average molecular weight is 348 g/mol. The Labute approximate surface area is 156 Å². The quantitative estimate of drug-likeness (QED) is 0.846. The Morgan fingerprint density at radius 1 is 1.04 bits per heavy atom. The third-order valence-corrected chi connectivity index (χ3v) is 4.93. The highest BCUT2D eigenvalue weighted by Crippen LogP contribution is 2.16. The number of hydrogen-bond acceptors (Lipinski definition) is 2. The molecule has 3 heteroatoms. The Morgan fingerprint density at radius 2 is 1.77 bits per heavy atom. The van der Waals surface area contributed by atoms with Gasteiger partial charge in [0.2, 0.25) is 5.91 Å². The molecule has 0 aromatic heterocycles. The van der Waals surface area contributed by atoms with Gasteiger partial charge in [-0.1, -0.05) is 74.5 Å². The molecule has 2 aromatic rings. The predicted octanol–water partition coefficient (Wildman–Crippen LogP) is 4.26. The van der Waals surface area contributed by atoms with Crippen LogP contribution in [0.1, 0.15) is 42.9 Å². The third kappa shape index (κ3) is 5.06. The molecule has 0 spiro atoms. The summed E-state index contributed by atoms with van der Waals surface area (Å²) in [6, 6.07) is 19.0. The Bertz CT molecular complexity index is 748. The lowest BCUT2D eigenvalue weighted by molar-refractivity contribution is -0.117. The summed E-state index contributed by atoms with van der Waals surface area (Å²) in [7, 11) is 0. The van der Waals surface area contributed by atoms with Gasteiger partial charge >= 0.3 is 0 Å². The molecule has 136 valence electrons. The van der Waals surface area contributed by atoms with E-state index in [1.54, 1.807) is 0 Å². The van der Waals surface area contributed by atoms with Crippen LogP contribution in [0.5, 0.6) is 0 Å². The molecule has 1 aliphatic heterocycles. The van der Waals surface area contributed by atoms with Crippen LogP contribution in [0.2, 0.25) is 0 Å². The standard InChI is InChI=1S/C23H28N2O/c1-18(2)21-10-8-19(9-11-21)16-24-23(26)22-12-14-25(15-13-22)17-20-6-4-3-5-7-20/h3-12,18H,13-17H2,1-2H3,(H,24,26). The molecule has 0 fully saturated rings. The zero-order valence-electron chi connectivity index (χ0n) is 15.7. The van der Waals surface area contributed by atoms with E-state index in [4.69, 9.17) is 0 Å². The van der Waals surface area contributed by atoms with E-state index in [-0.39, 0.29) is 5.91 Å². The highest BCUT2D eigenvalue weighted by molar-refractivity contribution is 5.93.